The Morgan fingerprint density at radius 3 is 2.38 bits per heavy atom. The largest absolute Gasteiger partial charge is 0.490 e. The van der Waals surface area contributed by atoms with Crippen LogP contribution in [0, 0.1) is 0 Å². The van der Waals surface area contributed by atoms with Gasteiger partial charge in [-0.2, -0.15) is 0 Å². The predicted octanol–water partition coefficient (Wildman–Crippen LogP) is 4.18. The van der Waals surface area contributed by atoms with E-state index in [-0.39, 0.29) is 18.6 Å². The molecule has 0 aliphatic carbocycles. The van der Waals surface area contributed by atoms with E-state index in [9.17, 15) is 9.59 Å². The van der Waals surface area contributed by atoms with E-state index in [4.69, 9.17) is 14.2 Å². The molecule has 0 bridgehead atoms. The molecule has 0 saturated heterocycles. The summed E-state index contributed by atoms with van der Waals surface area (Å²) in [5.74, 6) is -0.295. The summed E-state index contributed by atoms with van der Waals surface area (Å²) in [6, 6.07) is 4.97. The fourth-order valence-corrected chi connectivity index (χ4v) is 2.29. The van der Waals surface area contributed by atoms with Gasteiger partial charge in [0.25, 0.3) is 5.91 Å². The second-order valence-corrected chi connectivity index (χ2v) is 6.24. The van der Waals surface area contributed by atoms with Crippen molar-refractivity contribution in [2.75, 3.05) is 18.5 Å². The molecular formula is C20H31NO5. The van der Waals surface area contributed by atoms with Crippen LogP contribution in [0.4, 0.5) is 5.69 Å². The molecule has 1 rings (SSSR count). The van der Waals surface area contributed by atoms with Crippen LogP contribution in [-0.2, 0) is 14.3 Å². The summed E-state index contributed by atoms with van der Waals surface area (Å²) in [4.78, 5) is 24.9. The van der Waals surface area contributed by atoms with Gasteiger partial charge in [0.2, 0.25) is 0 Å². The maximum Gasteiger partial charge on any atom is 0.341 e. The molecule has 0 spiro atoms. The molecule has 146 valence electrons. The molecule has 0 saturated carbocycles. The number of amides is 1. The molecule has 6 heteroatoms. The Labute approximate surface area is 156 Å². The van der Waals surface area contributed by atoms with Gasteiger partial charge in [-0.1, -0.05) is 13.8 Å². The summed E-state index contributed by atoms with van der Waals surface area (Å²) < 4.78 is 16.5. The molecule has 1 aromatic carbocycles. The van der Waals surface area contributed by atoms with Crippen molar-refractivity contribution in [2.24, 2.45) is 0 Å². The van der Waals surface area contributed by atoms with Crippen molar-refractivity contribution in [1.29, 1.82) is 0 Å². The van der Waals surface area contributed by atoms with E-state index >= 15 is 0 Å². The van der Waals surface area contributed by atoms with E-state index < -0.39 is 11.6 Å². The van der Waals surface area contributed by atoms with Crippen molar-refractivity contribution in [1.82, 2.24) is 0 Å². The third-order valence-electron chi connectivity index (χ3n) is 4.25. The summed E-state index contributed by atoms with van der Waals surface area (Å²) >= 11 is 0. The highest BCUT2D eigenvalue weighted by Crippen LogP contribution is 2.27. The van der Waals surface area contributed by atoms with Gasteiger partial charge >= 0.3 is 5.97 Å². The lowest BCUT2D eigenvalue weighted by molar-refractivity contribution is -0.139. The molecule has 0 aromatic heterocycles. The molecule has 6 nitrogen and oxygen atoms in total. The topological polar surface area (TPSA) is 73.9 Å². The second kappa shape index (κ2) is 10.2. The zero-order chi connectivity index (χ0) is 19.7. The number of rotatable bonds is 10. The van der Waals surface area contributed by atoms with Gasteiger partial charge in [-0.25, -0.2) is 4.79 Å². The monoisotopic (exact) mass is 365 g/mol. The first-order chi connectivity index (χ1) is 12.3. The maximum absolute atomic E-state index is 12.6. The first kappa shape index (κ1) is 22.0. The maximum atomic E-state index is 12.6. The van der Waals surface area contributed by atoms with Crippen LogP contribution < -0.4 is 10.1 Å². The first-order valence-electron chi connectivity index (χ1n) is 9.24. The average Bonchev–Trinajstić information content (AvgIpc) is 2.62. The average molecular weight is 365 g/mol. The van der Waals surface area contributed by atoms with Crippen LogP contribution in [0.25, 0.3) is 0 Å². The van der Waals surface area contributed by atoms with Gasteiger partial charge in [-0.3, -0.25) is 4.79 Å². The minimum absolute atomic E-state index is 0.0371. The van der Waals surface area contributed by atoms with Crippen LogP contribution in [0.2, 0.25) is 0 Å². The smallest absolute Gasteiger partial charge is 0.341 e. The minimum Gasteiger partial charge on any atom is -0.490 e. The summed E-state index contributed by atoms with van der Waals surface area (Å²) in [6.07, 6.45) is 1.31. The van der Waals surface area contributed by atoms with Crippen LogP contribution in [0.3, 0.4) is 0 Å². The molecule has 1 aromatic rings. The lowest BCUT2D eigenvalue weighted by Crippen LogP contribution is -2.42. The fourth-order valence-electron chi connectivity index (χ4n) is 2.29. The van der Waals surface area contributed by atoms with Crippen molar-refractivity contribution in [3.8, 4) is 5.75 Å². The number of ether oxygens (including phenoxy) is 3. The van der Waals surface area contributed by atoms with Crippen LogP contribution in [0.15, 0.2) is 18.2 Å². The normalized spacial score (nSPS) is 14.2. The SMILES string of the molecule is CCOC(=O)c1cc(NC(=O)[C@](C)(CC)OCC)ccc1O[C@H](C)CC. The Morgan fingerprint density at radius 1 is 1.15 bits per heavy atom. The van der Waals surface area contributed by atoms with Crippen LogP contribution in [-0.4, -0.2) is 36.8 Å². The lowest BCUT2D eigenvalue weighted by atomic mass is 10.0. The van der Waals surface area contributed by atoms with Crippen LogP contribution in [0.1, 0.15) is 64.7 Å². The molecule has 26 heavy (non-hydrogen) atoms. The van der Waals surface area contributed by atoms with Gasteiger partial charge in [-0.15, -0.1) is 0 Å². The number of hydrogen-bond acceptors (Lipinski definition) is 5. The molecule has 1 amide bonds. The van der Waals surface area contributed by atoms with Gasteiger partial charge in [0.15, 0.2) is 0 Å². The number of esters is 1. The Bertz CT molecular complexity index is 616. The van der Waals surface area contributed by atoms with Gasteiger partial charge in [0.1, 0.15) is 16.9 Å². The highest BCUT2D eigenvalue weighted by molar-refractivity contribution is 5.99. The number of benzene rings is 1. The minimum atomic E-state index is -0.926. The number of carbonyl (C=O) groups is 2. The quantitative estimate of drug-likeness (QED) is 0.630. The Hall–Kier alpha value is -2.08. The molecule has 0 aliphatic rings. The number of hydrogen-bond donors (Lipinski definition) is 1. The van der Waals surface area contributed by atoms with Crippen molar-refractivity contribution in [3.05, 3.63) is 23.8 Å². The van der Waals surface area contributed by atoms with Crippen molar-refractivity contribution in [3.63, 3.8) is 0 Å². The Kier molecular flexibility index (Phi) is 8.58. The summed E-state index contributed by atoms with van der Waals surface area (Å²) in [5, 5.41) is 2.82. The molecule has 1 N–H and O–H groups in total. The van der Waals surface area contributed by atoms with E-state index in [1.165, 1.54) is 0 Å². The molecule has 0 heterocycles. The Morgan fingerprint density at radius 2 is 1.85 bits per heavy atom. The third kappa shape index (κ3) is 5.73. The summed E-state index contributed by atoms with van der Waals surface area (Å²) in [6.45, 7) is 11.9. The first-order valence-corrected chi connectivity index (χ1v) is 9.24. The molecular weight excluding hydrogens is 334 g/mol. The lowest BCUT2D eigenvalue weighted by Gasteiger charge is -2.27. The van der Waals surface area contributed by atoms with E-state index in [1.54, 1.807) is 32.0 Å². The van der Waals surface area contributed by atoms with Crippen LogP contribution >= 0.6 is 0 Å². The highest BCUT2D eigenvalue weighted by Gasteiger charge is 2.32. The zero-order valence-corrected chi connectivity index (χ0v) is 16.7. The van der Waals surface area contributed by atoms with E-state index in [1.807, 2.05) is 27.7 Å². The van der Waals surface area contributed by atoms with Crippen molar-refractivity contribution >= 4 is 17.6 Å². The number of nitrogens with one attached hydrogen (secondary N) is 1. The van der Waals surface area contributed by atoms with Gasteiger partial charge in [-0.05, 0) is 58.7 Å². The van der Waals surface area contributed by atoms with Crippen molar-refractivity contribution in [2.45, 2.75) is 66.1 Å². The van der Waals surface area contributed by atoms with Crippen LogP contribution in [0.5, 0.6) is 5.75 Å². The second-order valence-electron chi connectivity index (χ2n) is 6.24. The molecule has 0 fully saturated rings. The molecule has 0 aliphatic heterocycles. The molecule has 0 unspecified atom stereocenters. The molecule has 0 radical (unpaired) electrons. The van der Waals surface area contributed by atoms with Gasteiger partial charge < -0.3 is 19.5 Å². The fraction of sp³-hybridized carbons (Fsp3) is 0.600. The number of anilines is 1. The highest BCUT2D eigenvalue weighted by atomic mass is 16.5. The van der Waals surface area contributed by atoms with Gasteiger partial charge in [0.05, 0.1) is 12.7 Å². The van der Waals surface area contributed by atoms with E-state index in [0.717, 1.165) is 6.42 Å². The zero-order valence-electron chi connectivity index (χ0n) is 16.7. The predicted molar refractivity (Wildman–Crippen MR) is 102 cm³/mol. The van der Waals surface area contributed by atoms with Crippen molar-refractivity contribution < 1.29 is 23.8 Å². The van der Waals surface area contributed by atoms with E-state index in [2.05, 4.69) is 5.32 Å². The third-order valence-corrected chi connectivity index (χ3v) is 4.25. The Balaban J connectivity index is 3.12. The standard InChI is InChI=1S/C20H31NO5/c1-7-14(5)26-17-12-11-15(13-16(17)18(22)24-9-3)21-19(23)20(6,8-2)25-10-4/h11-14H,7-10H2,1-6H3,(H,21,23)/t14-,20+/m1/s1. The van der Waals surface area contributed by atoms with E-state index in [0.29, 0.717) is 30.0 Å². The summed E-state index contributed by atoms with van der Waals surface area (Å²) in [7, 11) is 0. The molecule has 2 atom stereocenters. The summed E-state index contributed by atoms with van der Waals surface area (Å²) in [5.41, 5.74) is -0.140. The number of carbonyl (C=O) groups excluding carboxylic acids is 2. The van der Waals surface area contributed by atoms with Gasteiger partial charge in [0, 0.05) is 12.3 Å².